The molecule has 9 nitrogen and oxygen atoms in total. The minimum atomic E-state index is -4.11. The zero-order valence-corrected chi connectivity index (χ0v) is 15.7. The van der Waals surface area contributed by atoms with Gasteiger partial charge in [-0.15, -0.1) is 0 Å². The van der Waals surface area contributed by atoms with Gasteiger partial charge < -0.3 is 15.7 Å². The van der Waals surface area contributed by atoms with Gasteiger partial charge in [0.15, 0.2) is 0 Å². The second-order valence-electron chi connectivity index (χ2n) is 5.54. The molecular formula is C16H23N3O6S. The number of anilines is 1. The van der Waals surface area contributed by atoms with Gasteiger partial charge in [-0.1, -0.05) is 6.92 Å². The normalized spacial score (nSPS) is 12.5. The SMILES string of the molecule is CCC(=O)Nc1ccc(S(=O)(=O)N(CCNC(C)=O)C(C)C(=O)O)cc1. The molecule has 1 rings (SSSR count). The van der Waals surface area contributed by atoms with Crippen molar-refractivity contribution in [3.05, 3.63) is 24.3 Å². The van der Waals surface area contributed by atoms with Gasteiger partial charge in [0.2, 0.25) is 21.8 Å². The third-order valence-electron chi connectivity index (χ3n) is 3.56. The van der Waals surface area contributed by atoms with Crippen LogP contribution >= 0.6 is 0 Å². The number of nitrogens with zero attached hydrogens (tertiary/aromatic N) is 1. The number of benzene rings is 1. The minimum Gasteiger partial charge on any atom is -0.480 e. The maximum atomic E-state index is 12.8. The summed E-state index contributed by atoms with van der Waals surface area (Å²) in [5.74, 6) is -1.86. The highest BCUT2D eigenvalue weighted by atomic mass is 32.2. The van der Waals surface area contributed by atoms with E-state index in [-0.39, 0.29) is 36.2 Å². The highest BCUT2D eigenvalue weighted by molar-refractivity contribution is 7.89. The van der Waals surface area contributed by atoms with Gasteiger partial charge in [0, 0.05) is 32.1 Å². The summed E-state index contributed by atoms with van der Waals surface area (Å²) in [5, 5.41) is 14.2. The molecular weight excluding hydrogens is 362 g/mol. The lowest BCUT2D eigenvalue weighted by molar-refractivity contribution is -0.140. The largest absolute Gasteiger partial charge is 0.480 e. The lowest BCUT2D eigenvalue weighted by Gasteiger charge is -2.25. The van der Waals surface area contributed by atoms with Gasteiger partial charge in [0.05, 0.1) is 4.90 Å². The van der Waals surface area contributed by atoms with E-state index in [0.29, 0.717) is 5.69 Å². The molecule has 0 fully saturated rings. The molecule has 1 aromatic carbocycles. The van der Waals surface area contributed by atoms with Crippen LogP contribution in [0.1, 0.15) is 27.2 Å². The van der Waals surface area contributed by atoms with E-state index in [2.05, 4.69) is 10.6 Å². The number of carbonyl (C=O) groups excluding carboxylic acids is 2. The van der Waals surface area contributed by atoms with Gasteiger partial charge in [-0.25, -0.2) is 8.42 Å². The molecule has 26 heavy (non-hydrogen) atoms. The zero-order valence-electron chi connectivity index (χ0n) is 14.9. The molecule has 1 atom stereocenters. The van der Waals surface area contributed by atoms with Crippen molar-refractivity contribution in [2.24, 2.45) is 0 Å². The van der Waals surface area contributed by atoms with Crippen LogP contribution in [0.5, 0.6) is 0 Å². The van der Waals surface area contributed by atoms with Crippen LogP contribution in [0, 0.1) is 0 Å². The molecule has 0 heterocycles. The second-order valence-corrected chi connectivity index (χ2v) is 7.43. The molecule has 0 spiro atoms. The van der Waals surface area contributed by atoms with Crippen molar-refractivity contribution in [3.8, 4) is 0 Å². The lowest BCUT2D eigenvalue weighted by atomic mass is 10.3. The fraction of sp³-hybridized carbons (Fsp3) is 0.438. The standard InChI is InChI=1S/C16H23N3O6S/c1-4-15(21)18-13-5-7-14(8-6-13)26(24,25)19(11(2)16(22)23)10-9-17-12(3)20/h5-8,11H,4,9-10H2,1-3H3,(H,17,20)(H,18,21)(H,22,23). The number of carboxylic acid groups (broad SMARTS) is 1. The van der Waals surface area contributed by atoms with Crippen LogP contribution in [-0.2, 0) is 24.4 Å². The molecule has 0 aliphatic carbocycles. The predicted octanol–water partition coefficient (Wildman–Crippen LogP) is 0.635. The second kappa shape index (κ2) is 9.30. The summed E-state index contributed by atoms with van der Waals surface area (Å²) in [4.78, 5) is 33.5. The zero-order chi connectivity index (χ0) is 19.9. The molecule has 0 saturated heterocycles. The van der Waals surface area contributed by atoms with E-state index >= 15 is 0 Å². The Hall–Kier alpha value is -2.46. The van der Waals surface area contributed by atoms with Crippen molar-refractivity contribution >= 4 is 33.5 Å². The first-order valence-corrected chi connectivity index (χ1v) is 9.42. The average molecular weight is 385 g/mol. The smallest absolute Gasteiger partial charge is 0.321 e. The summed E-state index contributed by atoms with van der Waals surface area (Å²) >= 11 is 0. The van der Waals surface area contributed by atoms with Crippen LogP contribution in [0.2, 0.25) is 0 Å². The first kappa shape index (κ1) is 21.6. The molecule has 0 aliphatic heterocycles. The Kier molecular flexibility index (Phi) is 7.72. The molecule has 1 unspecified atom stereocenters. The number of hydrogen-bond donors (Lipinski definition) is 3. The van der Waals surface area contributed by atoms with Crippen molar-refractivity contribution in [2.75, 3.05) is 18.4 Å². The molecule has 0 radical (unpaired) electrons. The highest BCUT2D eigenvalue weighted by Crippen LogP contribution is 2.20. The monoisotopic (exact) mass is 385 g/mol. The molecule has 2 amide bonds. The Bertz CT molecular complexity index is 761. The van der Waals surface area contributed by atoms with Crippen molar-refractivity contribution in [2.45, 2.75) is 38.1 Å². The summed E-state index contributed by atoms with van der Waals surface area (Å²) < 4.78 is 26.4. The topological polar surface area (TPSA) is 133 Å². The van der Waals surface area contributed by atoms with Crippen molar-refractivity contribution in [1.82, 2.24) is 9.62 Å². The third kappa shape index (κ3) is 5.81. The van der Waals surface area contributed by atoms with E-state index in [4.69, 9.17) is 0 Å². The van der Waals surface area contributed by atoms with Gasteiger partial charge >= 0.3 is 5.97 Å². The third-order valence-corrected chi connectivity index (χ3v) is 5.55. The Morgan fingerprint density at radius 1 is 1.19 bits per heavy atom. The van der Waals surface area contributed by atoms with Crippen LogP contribution < -0.4 is 10.6 Å². The van der Waals surface area contributed by atoms with E-state index < -0.39 is 22.0 Å². The van der Waals surface area contributed by atoms with Crippen LogP contribution in [0.15, 0.2) is 29.2 Å². The molecule has 0 bridgehead atoms. The first-order chi connectivity index (χ1) is 12.1. The predicted molar refractivity (Wildman–Crippen MR) is 95.0 cm³/mol. The molecule has 0 aromatic heterocycles. The van der Waals surface area contributed by atoms with Crippen LogP contribution in [0.4, 0.5) is 5.69 Å². The number of sulfonamides is 1. The lowest BCUT2D eigenvalue weighted by Crippen LogP contribution is -2.46. The van der Waals surface area contributed by atoms with Gasteiger partial charge in [0.25, 0.3) is 0 Å². The quantitative estimate of drug-likeness (QED) is 0.571. The molecule has 1 aromatic rings. The first-order valence-electron chi connectivity index (χ1n) is 7.98. The fourth-order valence-corrected chi connectivity index (χ4v) is 3.67. The Morgan fingerprint density at radius 3 is 2.23 bits per heavy atom. The van der Waals surface area contributed by atoms with Crippen molar-refractivity contribution < 1.29 is 27.9 Å². The summed E-state index contributed by atoms with van der Waals surface area (Å²) in [6, 6.07) is 4.13. The number of rotatable bonds is 9. The highest BCUT2D eigenvalue weighted by Gasteiger charge is 2.32. The van der Waals surface area contributed by atoms with Crippen LogP contribution in [0.25, 0.3) is 0 Å². The maximum Gasteiger partial charge on any atom is 0.321 e. The Balaban J connectivity index is 3.08. The van der Waals surface area contributed by atoms with E-state index in [0.717, 1.165) is 4.31 Å². The van der Waals surface area contributed by atoms with E-state index in [1.54, 1.807) is 6.92 Å². The minimum absolute atomic E-state index is 0.0170. The van der Waals surface area contributed by atoms with Gasteiger partial charge in [0.1, 0.15) is 6.04 Å². The average Bonchev–Trinajstić information content (AvgIpc) is 2.58. The number of carbonyl (C=O) groups is 3. The number of amides is 2. The van der Waals surface area contributed by atoms with Crippen LogP contribution in [-0.4, -0.2) is 54.7 Å². The summed E-state index contributed by atoms with van der Waals surface area (Å²) in [5.41, 5.74) is 0.437. The number of nitrogens with one attached hydrogen (secondary N) is 2. The van der Waals surface area contributed by atoms with E-state index in [1.807, 2.05) is 0 Å². The number of carboxylic acids is 1. The van der Waals surface area contributed by atoms with Crippen LogP contribution in [0.3, 0.4) is 0 Å². The number of aliphatic carboxylic acids is 1. The molecule has 3 N–H and O–H groups in total. The van der Waals surface area contributed by atoms with E-state index in [1.165, 1.54) is 38.1 Å². The Morgan fingerprint density at radius 2 is 1.77 bits per heavy atom. The summed E-state index contributed by atoms with van der Waals surface area (Å²) in [7, 11) is -4.11. The number of hydrogen-bond acceptors (Lipinski definition) is 5. The van der Waals surface area contributed by atoms with Crippen molar-refractivity contribution in [1.29, 1.82) is 0 Å². The van der Waals surface area contributed by atoms with Crippen molar-refractivity contribution in [3.63, 3.8) is 0 Å². The molecule has 144 valence electrons. The van der Waals surface area contributed by atoms with Gasteiger partial charge in [-0.3, -0.25) is 14.4 Å². The molecule has 0 saturated carbocycles. The van der Waals surface area contributed by atoms with Gasteiger partial charge in [-0.2, -0.15) is 4.31 Å². The van der Waals surface area contributed by atoms with Gasteiger partial charge in [-0.05, 0) is 31.2 Å². The molecule has 10 heteroatoms. The fourth-order valence-electron chi connectivity index (χ4n) is 2.08. The van der Waals surface area contributed by atoms with E-state index in [9.17, 15) is 27.9 Å². The molecule has 0 aliphatic rings. The Labute approximate surface area is 152 Å². The summed E-state index contributed by atoms with van der Waals surface area (Å²) in [6.07, 6.45) is 0.285. The maximum absolute atomic E-state index is 12.8. The summed E-state index contributed by atoms with van der Waals surface area (Å²) in [6.45, 7) is 4.02.